The molecule has 3 rings (SSSR count). The van der Waals surface area contributed by atoms with Gasteiger partial charge in [0.1, 0.15) is 11.4 Å². The second kappa shape index (κ2) is 8.45. The lowest BCUT2D eigenvalue weighted by atomic mass is 9.88. The molecule has 0 spiro atoms. The summed E-state index contributed by atoms with van der Waals surface area (Å²) >= 11 is 0. The van der Waals surface area contributed by atoms with Crippen molar-refractivity contribution >= 4 is 5.91 Å². The average Bonchev–Trinajstić information content (AvgIpc) is 3.16. The molecule has 0 fully saturated rings. The number of alkyl halides is 3. The van der Waals surface area contributed by atoms with Crippen LogP contribution in [0.25, 0.3) is 16.8 Å². The van der Waals surface area contributed by atoms with E-state index in [0.29, 0.717) is 22.5 Å². The summed E-state index contributed by atoms with van der Waals surface area (Å²) < 4.78 is 43.3. The highest BCUT2D eigenvalue weighted by molar-refractivity contribution is 5.93. The Morgan fingerprint density at radius 2 is 1.71 bits per heavy atom. The highest BCUT2D eigenvalue weighted by atomic mass is 19.4. The van der Waals surface area contributed by atoms with Crippen molar-refractivity contribution in [3.8, 4) is 22.6 Å². The van der Waals surface area contributed by atoms with Crippen molar-refractivity contribution in [1.82, 2.24) is 14.9 Å². The van der Waals surface area contributed by atoms with E-state index in [1.807, 2.05) is 27.7 Å². The number of hydrogen-bond donors (Lipinski definition) is 1. The van der Waals surface area contributed by atoms with Crippen LogP contribution in [0, 0.1) is 5.41 Å². The lowest BCUT2D eigenvalue weighted by Gasteiger charge is -2.28. The Hall–Kier alpha value is -3.29. The Morgan fingerprint density at radius 1 is 1.06 bits per heavy atom. The molecule has 0 aliphatic rings. The minimum Gasteiger partial charge on any atom is -0.406 e. The van der Waals surface area contributed by atoms with Crippen LogP contribution in [0.3, 0.4) is 0 Å². The zero-order valence-corrected chi connectivity index (χ0v) is 17.7. The standard InChI is InChI=1S/C23H24F3N3O2/c1-15(22(2,3)4)28-21(30)20-13-27-14-29(20)18-9-5-7-16(11-18)17-8-6-10-19(12-17)31-23(24,25)26/h5-15H,1-4H3,(H,28,30). The van der Waals surface area contributed by atoms with Crippen LogP contribution in [0.1, 0.15) is 38.2 Å². The number of rotatable bonds is 5. The summed E-state index contributed by atoms with van der Waals surface area (Å²) in [5.74, 6) is -0.555. The number of carbonyl (C=O) groups is 1. The lowest BCUT2D eigenvalue weighted by molar-refractivity contribution is -0.274. The maximum atomic E-state index is 12.8. The Labute approximate surface area is 178 Å². The highest BCUT2D eigenvalue weighted by Gasteiger charge is 2.31. The topological polar surface area (TPSA) is 56.2 Å². The lowest BCUT2D eigenvalue weighted by Crippen LogP contribution is -2.41. The summed E-state index contributed by atoms with van der Waals surface area (Å²) in [7, 11) is 0. The van der Waals surface area contributed by atoms with Crippen LogP contribution in [0.2, 0.25) is 0 Å². The molecule has 31 heavy (non-hydrogen) atoms. The van der Waals surface area contributed by atoms with E-state index in [2.05, 4.69) is 15.0 Å². The zero-order chi connectivity index (χ0) is 22.8. The largest absolute Gasteiger partial charge is 0.573 e. The molecule has 1 atom stereocenters. The Balaban J connectivity index is 1.90. The number of halogens is 3. The smallest absolute Gasteiger partial charge is 0.406 e. The third kappa shape index (κ3) is 5.65. The van der Waals surface area contributed by atoms with Crippen molar-refractivity contribution in [3.05, 3.63) is 66.7 Å². The van der Waals surface area contributed by atoms with Gasteiger partial charge in [0, 0.05) is 11.7 Å². The van der Waals surface area contributed by atoms with Gasteiger partial charge in [-0.15, -0.1) is 13.2 Å². The predicted molar refractivity (Wildman–Crippen MR) is 112 cm³/mol. The minimum atomic E-state index is -4.76. The quantitative estimate of drug-likeness (QED) is 0.572. The van der Waals surface area contributed by atoms with Gasteiger partial charge in [-0.2, -0.15) is 0 Å². The van der Waals surface area contributed by atoms with Gasteiger partial charge < -0.3 is 10.1 Å². The third-order valence-corrected chi connectivity index (χ3v) is 5.04. The first-order valence-electron chi connectivity index (χ1n) is 9.74. The molecule has 3 aromatic rings. The molecule has 0 saturated heterocycles. The monoisotopic (exact) mass is 431 g/mol. The first-order valence-corrected chi connectivity index (χ1v) is 9.74. The van der Waals surface area contributed by atoms with E-state index >= 15 is 0 Å². The summed E-state index contributed by atoms with van der Waals surface area (Å²) in [5, 5.41) is 2.99. The van der Waals surface area contributed by atoms with Gasteiger partial charge in [0.2, 0.25) is 0 Å². The van der Waals surface area contributed by atoms with Crippen molar-refractivity contribution in [2.24, 2.45) is 5.41 Å². The average molecular weight is 431 g/mol. The number of imidazole rings is 1. The maximum Gasteiger partial charge on any atom is 0.573 e. The molecule has 0 saturated carbocycles. The van der Waals surface area contributed by atoms with Gasteiger partial charge in [0.05, 0.1) is 12.5 Å². The summed E-state index contributed by atoms with van der Waals surface area (Å²) in [6.45, 7) is 8.05. The maximum absolute atomic E-state index is 12.8. The molecule has 8 heteroatoms. The van der Waals surface area contributed by atoms with Crippen LogP contribution < -0.4 is 10.1 Å². The number of amides is 1. The molecule has 2 aromatic carbocycles. The molecule has 1 amide bonds. The van der Waals surface area contributed by atoms with Crippen molar-refractivity contribution in [2.75, 3.05) is 0 Å². The Morgan fingerprint density at radius 3 is 2.35 bits per heavy atom. The molecule has 1 heterocycles. The minimum absolute atomic E-state index is 0.0638. The number of nitrogens with zero attached hydrogens (tertiary/aromatic N) is 2. The molecule has 1 aromatic heterocycles. The van der Waals surface area contributed by atoms with Gasteiger partial charge in [0.25, 0.3) is 5.91 Å². The van der Waals surface area contributed by atoms with Gasteiger partial charge in [-0.25, -0.2) is 4.98 Å². The Kier molecular flexibility index (Phi) is 6.10. The van der Waals surface area contributed by atoms with E-state index in [0.717, 1.165) is 0 Å². The van der Waals surface area contributed by atoms with Gasteiger partial charge in [-0.3, -0.25) is 9.36 Å². The van der Waals surface area contributed by atoms with E-state index in [4.69, 9.17) is 0 Å². The van der Waals surface area contributed by atoms with Crippen LogP contribution in [0.4, 0.5) is 13.2 Å². The molecule has 0 aliphatic carbocycles. The molecule has 0 radical (unpaired) electrons. The van der Waals surface area contributed by atoms with Crippen LogP contribution in [0.15, 0.2) is 61.1 Å². The van der Waals surface area contributed by atoms with E-state index in [9.17, 15) is 18.0 Å². The van der Waals surface area contributed by atoms with E-state index in [-0.39, 0.29) is 23.1 Å². The predicted octanol–water partition coefficient (Wildman–Crippen LogP) is 5.60. The molecule has 5 nitrogen and oxygen atoms in total. The van der Waals surface area contributed by atoms with Crippen molar-refractivity contribution in [1.29, 1.82) is 0 Å². The van der Waals surface area contributed by atoms with Gasteiger partial charge >= 0.3 is 6.36 Å². The van der Waals surface area contributed by atoms with E-state index in [1.54, 1.807) is 34.9 Å². The number of aromatic nitrogens is 2. The third-order valence-electron chi connectivity index (χ3n) is 5.04. The molecule has 0 bridgehead atoms. The van der Waals surface area contributed by atoms with E-state index < -0.39 is 6.36 Å². The number of benzene rings is 2. The number of nitrogens with one attached hydrogen (secondary N) is 1. The summed E-state index contributed by atoms with van der Waals surface area (Å²) in [4.78, 5) is 16.9. The first kappa shape index (κ1) is 22.4. The Bertz CT molecular complexity index is 1070. The molecular formula is C23H24F3N3O2. The van der Waals surface area contributed by atoms with Crippen molar-refractivity contribution < 1.29 is 22.7 Å². The number of hydrogen-bond acceptors (Lipinski definition) is 3. The molecule has 1 unspecified atom stereocenters. The fraction of sp³-hybridized carbons (Fsp3) is 0.304. The molecule has 1 N–H and O–H groups in total. The molecule has 164 valence electrons. The summed E-state index contributed by atoms with van der Waals surface area (Å²) in [5.41, 5.74) is 2.14. The number of ether oxygens (including phenoxy) is 1. The first-order chi connectivity index (χ1) is 14.4. The zero-order valence-electron chi connectivity index (χ0n) is 17.7. The van der Waals surface area contributed by atoms with Crippen molar-refractivity contribution in [3.63, 3.8) is 0 Å². The van der Waals surface area contributed by atoms with Crippen LogP contribution in [-0.2, 0) is 0 Å². The normalized spacial score (nSPS) is 13.0. The summed E-state index contributed by atoms with van der Waals surface area (Å²) in [6, 6.07) is 12.8. The molecule has 0 aliphatic heterocycles. The van der Waals surface area contributed by atoms with Gasteiger partial charge in [-0.1, -0.05) is 45.0 Å². The van der Waals surface area contributed by atoms with Crippen LogP contribution in [0.5, 0.6) is 5.75 Å². The fourth-order valence-corrected chi connectivity index (χ4v) is 2.86. The van der Waals surface area contributed by atoms with Crippen LogP contribution in [-0.4, -0.2) is 27.9 Å². The second-order valence-electron chi connectivity index (χ2n) is 8.34. The summed E-state index contributed by atoms with van der Waals surface area (Å²) in [6.07, 6.45) is -1.75. The number of carbonyl (C=O) groups excluding carboxylic acids is 1. The van der Waals surface area contributed by atoms with Gasteiger partial charge in [0.15, 0.2) is 0 Å². The van der Waals surface area contributed by atoms with Gasteiger partial charge in [-0.05, 0) is 47.7 Å². The fourth-order valence-electron chi connectivity index (χ4n) is 2.86. The molecular weight excluding hydrogens is 407 g/mol. The van der Waals surface area contributed by atoms with Crippen molar-refractivity contribution in [2.45, 2.75) is 40.1 Å². The highest BCUT2D eigenvalue weighted by Crippen LogP contribution is 2.29. The van der Waals surface area contributed by atoms with E-state index in [1.165, 1.54) is 30.7 Å². The van der Waals surface area contributed by atoms with Crippen LogP contribution >= 0.6 is 0 Å². The second-order valence-corrected chi connectivity index (χ2v) is 8.34. The SMILES string of the molecule is CC(NC(=O)c1cncn1-c1cccc(-c2cccc(OC(F)(F)F)c2)c1)C(C)(C)C.